The highest BCUT2D eigenvalue weighted by Gasteiger charge is 2.37. The Hall–Kier alpha value is -1.20. The van der Waals surface area contributed by atoms with Crippen LogP contribution >= 0.6 is 15.9 Å². The van der Waals surface area contributed by atoms with Gasteiger partial charge in [-0.15, -0.1) is 0 Å². The molecule has 1 aromatic carbocycles. The quantitative estimate of drug-likeness (QED) is 0.825. The molecule has 21 heavy (non-hydrogen) atoms. The summed E-state index contributed by atoms with van der Waals surface area (Å²) in [5, 5.41) is 0. The average Bonchev–Trinajstić information content (AvgIpc) is 2.66. The van der Waals surface area contributed by atoms with Crippen molar-refractivity contribution >= 4 is 33.3 Å². The minimum atomic E-state index is -0.377. The van der Waals surface area contributed by atoms with Crippen molar-refractivity contribution in [3.8, 4) is 0 Å². The molecule has 0 aromatic heterocycles. The molecule has 0 saturated carbocycles. The maximum Gasteiger partial charge on any atom is 0.303 e. The van der Waals surface area contributed by atoms with Crippen LogP contribution in [0.15, 0.2) is 22.7 Å². The zero-order valence-corrected chi connectivity index (χ0v) is 13.6. The summed E-state index contributed by atoms with van der Waals surface area (Å²) in [6, 6.07) is 5.50. The van der Waals surface area contributed by atoms with Gasteiger partial charge in [-0.25, -0.2) is 0 Å². The third-order valence-electron chi connectivity index (χ3n) is 4.38. The van der Waals surface area contributed by atoms with Crippen molar-refractivity contribution in [3.63, 3.8) is 0 Å². The van der Waals surface area contributed by atoms with E-state index in [9.17, 15) is 9.59 Å². The molecule has 1 saturated heterocycles. The first-order valence-electron chi connectivity index (χ1n) is 7.66. The SMILES string of the molecule is O=C1C(=O)N(C[NH+]2CCCCCCC2)c2ccc(Br)cc21. The van der Waals surface area contributed by atoms with E-state index in [-0.39, 0.29) is 11.7 Å². The second-order valence-electron chi connectivity index (χ2n) is 5.90. The highest BCUT2D eigenvalue weighted by molar-refractivity contribution is 9.10. The Labute approximate surface area is 133 Å². The second-order valence-corrected chi connectivity index (χ2v) is 6.82. The summed E-state index contributed by atoms with van der Waals surface area (Å²) >= 11 is 3.36. The molecular weight excluding hydrogens is 332 g/mol. The van der Waals surface area contributed by atoms with Crippen LogP contribution in [-0.2, 0) is 4.79 Å². The number of nitrogens with zero attached hydrogens (tertiary/aromatic N) is 1. The molecule has 0 unspecified atom stereocenters. The molecule has 2 heterocycles. The number of halogens is 1. The number of anilines is 1. The summed E-state index contributed by atoms with van der Waals surface area (Å²) in [7, 11) is 0. The van der Waals surface area contributed by atoms with Gasteiger partial charge in [0.1, 0.15) is 0 Å². The molecule has 0 spiro atoms. The van der Waals surface area contributed by atoms with Crippen LogP contribution < -0.4 is 9.80 Å². The summed E-state index contributed by atoms with van der Waals surface area (Å²) < 4.78 is 0.836. The fourth-order valence-corrected chi connectivity index (χ4v) is 3.58. The van der Waals surface area contributed by atoms with Crippen LogP contribution in [0.2, 0.25) is 0 Å². The van der Waals surface area contributed by atoms with Crippen LogP contribution in [0.5, 0.6) is 0 Å². The monoisotopic (exact) mass is 351 g/mol. The van der Waals surface area contributed by atoms with Gasteiger partial charge in [-0.1, -0.05) is 22.4 Å². The number of benzene rings is 1. The first-order valence-corrected chi connectivity index (χ1v) is 8.45. The van der Waals surface area contributed by atoms with Crippen LogP contribution in [-0.4, -0.2) is 31.4 Å². The van der Waals surface area contributed by atoms with E-state index in [1.54, 1.807) is 11.0 Å². The molecule has 2 aliphatic heterocycles. The van der Waals surface area contributed by atoms with Gasteiger partial charge >= 0.3 is 5.91 Å². The largest absolute Gasteiger partial charge is 0.317 e. The Bertz CT molecular complexity index is 565. The normalized spacial score (nSPS) is 20.3. The van der Waals surface area contributed by atoms with Crippen molar-refractivity contribution in [2.45, 2.75) is 32.1 Å². The lowest BCUT2D eigenvalue weighted by atomic mass is 10.1. The van der Waals surface area contributed by atoms with E-state index in [1.807, 2.05) is 12.1 Å². The number of carbonyl (C=O) groups excluding carboxylic acids is 2. The highest BCUT2D eigenvalue weighted by atomic mass is 79.9. The number of hydrogen-bond donors (Lipinski definition) is 1. The predicted molar refractivity (Wildman–Crippen MR) is 84.6 cm³/mol. The second kappa shape index (κ2) is 6.28. The summed E-state index contributed by atoms with van der Waals surface area (Å²) in [6.45, 7) is 2.78. The number of hydrogen-bond acceptors (Lipinski definition) is 2. The molecule has 0 bridgehead atoms. The van der Waals surface area contributed by atoms with E-state index in [0.29, 0.717) is 12.2 Å². The minimum absolute atomic E-state index is 0.377. The van der Waals surface area contributed by atoms with Crippen LogP contribution in [0.25, 0.3) is 0 Å². The third-order valence-corrected chi connectivity index (χ3v) is 4.87. The summed E-state index contributed by atoms with van der Waals surface area (Å²) in [5.74, 6) is -0.754. The van der Waals surface area contributed by atoms with Crippen LogP contribution in [0, 0.1) is 0 Å². The molecule has 112 valence electrons. The van der Waals surface area contributed by atoms with Gasteiger partial charge in [-0.05, 0) is 43.9 Å². The maximum absolute atomic E-state index is 12.2. The van der Waals surface area contributed by atoms with E-state index in [2.05, 4.69) is 15.9 Å². The van der Waals surface area contributed by atoms with Crippen molar-refractivity contribution in [1.29, 1.82) is 0 Å². The number of likely N-dealkylation sites (tertiary alicyclic amines) is 1. The van der Waals surface area contributed by atoms with Gasteiger partial charge in [0.2, 0.25) is 0 Å². The van der Waals surface area contributed by atoms with Gasteiger partial charge < -0.3 is 4.90 Å². The van der Waals surface area contributed by atoms with E-state index in [1.165, 1.54) is 37.0 Å². The molecule has 1 fully saturated rings. The van der Waals surface area contributed by atoms with Gasteiger partial charge in [0.25, 0.3) is 5.78 Å². The number of nitrogens with one attached hydrogen (secondary N) is 1. The molecule has 4 nitrogen and oxygen atoms in total. The minimum Gasteiger partial charge on any atom is -0.317 e. The Kier molecular flexibility index (Phi) is 4.40. The molecule has 2 aliphatic rings. The Morgan fingerprint density at radius 1 is 1.05 bits per heavy atom. The maximum atomic E-state index is 12.2. The molecule has 1 aromatic rings. The van der Waals surface area contributed by atoms with E-state index >= 15 is 0 Å². The lowest BCUT2D eigenvalue weighted by Crippen LogP contribution is -3.13. The van der Waals surface area contributed by atoms with E-state index in [4.69, 9.17) is 0 Å². The van der Waals surface area contributed by atoms with Gasteiger partial charge in [-0.3, -0.25) is 14.5 Å². The van der Waals surface area contributed by atoms with E-state index < -0.39 is 0 Å². The fourth-order valence-electron chi connectivity index (χ4n) is 3.22. The summed E-state index contributed by atoms with van der Waals surface area (Å²) in [5.41, 5.74) is 1.29. The first-order chi connectivity index (χ1) is 10.2. The van der Waals surface area contributed by atoms with Crippen molar-refractivity contribution in [2.24, 2.45) is 0 Å². The number of Topliss-reactive ketones (excluding diaryl/α,β-unsaturated/α-hetero) is 1. The molecule has 1 N–H and O–H groups in total. The van der Waals surface area contributed by atoms with Crippen LogP contribution in [0.4, 0.5) is 5.69 Å². The molecular formula is C16H20BrN2O2+. The fraction of sp³-hybridized carbons (Fsp3) is 0.500. The van der Waals surface area contributed by atoms with Crippen LogP contribution in [0.3, 0.4) is 0 Å². The van der Waals surface area contributed by atoms with Crippen molar-refractivity contribution in [2.75, 3.05) is 24.7 Å². The molecule has 0 radical (unpaired) electrons. The van der Waals surface area contributed by atoms with Gasteiger partial charge in [0.05, 0.1) is 24.3 Å². The van der Waals surface area contributed by atoms with E-state index in [0.717, 1.165) is 23.2 Å². The molecule has 0 atom stereocenters. The lowest BCUT2D eigenvalue weighted by Gasteiger charge is -2.26. The Balaban J connectivity index is 1.79. The number of quaternary nitrogens is 1. The number of amides is 1. The average molecular weight is 352 g/mol. The smallest absolute Gasteiger partial charge is 0.303 e. The van der Waals surface area contributed by atoms with Gasteiger partial charge in [0.15, 0.2) is 6.67 Å². The van der Waals surface area contributed by atoms with Gasteiger partial charge in [0, 0.05) is 4.47 Å². The van der Waals surface area contributed by atoms with Crippen molar-refractivity contribution in [1.82, 2.24) is 0 Å². The van der Waals surface area contributed by atoms with Crippen molar-refractivity contribution < 1.29 is 14.5 Å². The lowest BCUT2D eigenvalue weighted by molar-refractivity contribution is -0.899. The Morgan fingerprint density at radius 3 is 2.43 bits per heavy atom. The van der Waals surface area contributed by atoms with Crippen molar-refractivity contribution in [3.05, 3.63) is 28.2 Å². The highest BCUT2D eigenvalue weighted by Crippen LogP contribution is 2.30. The van der Waals surface area contributed by atoms with Gasteiger partial charge in [-0.2, -0.15) is 0 Å². The zero-order chi connectivity index (χ0) is 14.8. The molecule has 1 amide bonds. The van der Waals surface area contributed by atoms with Crippen LogP contribution in [0.1, 0.15) is 42.5 Å². The summed E-state index contributed by atoms with van der Waals surface area (Å²) in [6.07, 6.45) is 6.29. The molecule has 5 heteroatoms. The molecule has 3 rings (SSSR count). The number of ketones is 1. The summed E-state index contributed by atoms with van der Waals surface area (Å²) in [4.78, 5) is 27.4. The number of fused-ring (bicyclic) bond motifs is 1. The topological polar surface area (TPSA) is 41.8 Å². The zero-order valence-electron chi connectivity index (χ0n) is 12.0. The molecule has 0 aliphatic carbocycles. The number of rotatable bonds is 2. The first kappa shape index (κ1) is 14.7. The Morgan fingerprint density at radius 2 is 1.71 bits per heavy atom. The third kappa shape index (κ3) is 3.04. The predicted octanol–water partition coefficient (Wildman–Crippen LogP) is 1.78. The number of carbonyl (C=O) groups is 2. The standard InChI is InChI=1S/C16H19BrN2O2/c17-12-6-7-14-13(10-12)15(20)16(21)19(14)11-18-8-4-2-1-3-5-9-18/h6-7,10H,1-5,8-9,11H2/p+1.